The Labute approximate surface area is 221 Å². The van der Waals surface area contributed by atoms with Gasteiger partial charge in [-0.15, -0.1) is 0 Å². The van der Waals surface area contributed by atoms with Crippen molar-refractivity contribution in [3.8, 4) is 0 Å². The lowest BCUT2D eigenvalue weighted by Crippen LogP contribution is -2.49. The fourth-order valence-electron chi connectivity index (χ4n) is 9.34. The molecule has 1 heterocycles. The van der Waals surface area contributed by atoms with Crippen LogP contribution in [0.5, 0.6) is 0 Å². The van der Waals surface area contributed by atoms with E-state index in [1.807, 2.05) is 0 Å². The van der Waals surface area contributed by atoms with Gasteiger partial charge in [-0.1, -0.05) is 66.5 Å². The molecule has 12 atom stereocenters. The third kappa shape index (κ3) is 4.56. The van der Waals surface area contributed by atoms with Crippen LogP contribution in [0.4, 0.5) is 0 Å². The van der Waals surface area contributed by atoms with E-state index in [2.05, 4.69) is 61.5 Å². The van der Waals surface area contributed by atoms with E-state index in [-0.39, 0.29) is 29.3 Å². The summed E-state index contributed by atoms with van der Waals surface area (Å²) in [4.78, 5) is 13.0. The molecule has 0 spiro atoms. The molecule has 206 valence electrons. The second kappa shape index (κ2) is 10.8. The minimum absolute atomic E-state index is 0.0469. The van der Waals surface area contributed by atoms with Crippen molar-refractivity contribution in [3.63, 3.8) is 0 Å². The highest BCUT2D eigenvalue weighted by Gasteiger charge is 2.65. The molecular formula is C32H54O4. The van der Waals surface area contributed by atoms with Gasteiger partial charge < -0.3 is 19.0 Å². The van der Waals surface area contributed by atoms with Crippen LogP contribution < -0.4 is 0 Å². The molecule has 1 aliphatic heterocycles. The molecule has 1 saturated heterocycles. The minimum Gasteiger partial charge on any atom is -0.378 e. The zero-order valence-corrected chi connectivity index (χ0v) is 24.6. The predicted molar refractivity (Wildman–Crippen MR) is 145 cm³/mol. The van der Waals surface area contributed by atoms with Gasteiger partial charge in [-0.05, 0) is 80.5 Å². The van der Waals surface area contributed by atoms with Gasteiger partial charge >= 0.3 is 0 Å². The van der Waals surface area contributed by atoms with Crippen LogP contribution in [-0.4, -0.2) is 38.5 Å². The number of fused-ring (bicyclic) bond motifs is 2. The van der Waals surface area contributed by atoms with Gasteiger partial charge in [0.25, 0.3) is 0 Å². The molecule has 2 saturated carbocycles. The van der Waals surface area contributed by atoms with Gasteiger partial charge in [0.2, 0.25) is 0 Å². The molecule has 4 nitrogen and oxygen atoms in total. The van der Waals surface area contributed by atoms with Crippen molar-refractivity contribution in [1.29, 1.82) is 0 Å². The van der Waals surface area contributed by atoms with Crippen LogP contribution in [0, 0.1) is 58.2 Å². The highest BCUT2D eigenvalue weighted by atomic mass is 16.7. The number of methoxy groups -OCH3 is 1. The van der Waals surface area contributed by atoms with Crippen molar-refractivity contribution in [3.05, 3.63) is 11.6 Å². The summed E-state index contributed by atoms with van der Waals surface area (Å²) in [6, 6.07) is 0. The zero-order chi connectivity index (χ0) is 26.4. The Balaban J connectivity index is 1.37. The maximum atomic E-state index is 13.0. The molecule has 0 aromatic rings. The standard InChI is InChI=1S/C32H54O4/c1-19(2)27-15-25-16-31(27,8)32(17-25,18-33)28-14-20(3)21(4)26(28)12-10-11-13-35-30-23(6)22(5)29(34-9)24(7)36-30/h15,18-26,28-30H,10-14,16-17H2,1-9H3/t20?,21?,22?,23?,24?,25?,26?,28?,29?,30?,31-,32+/m1/s1. The summed E-state index contributed by atoms with van der Waals surface area (Å²) in [6.07, 6.45) is 10.9. The van der Waals surface area contributed by atoms with E-state index in [4.69, 9.17) is 14.2 Å². The SMILES string of the molecule is COC1C(C)OC(OCCCCC2C(C)C(C)CC2[C@@]2(C=O)CC3C=C(C(C)C)[C@@]2(C)C3)C(C)C1C. The van der Waals surface area contributed by atoms with Gasteiger partial charge in [0.1, 0.15) is 6.29 Å². The average molecular weight is 503 g/mol. The molecule has 2 bridgehead atoms. The van der Waals surface area contributed by atoms with Gasteiger partial charge in [0.05, 0.1) is 12.2 Å². The summed E-state index contributed by atoms with van der Waals surface area (Å²) in [5.74, 6) is 4.36. The van der Waals surface area contributed by atoms with E-state index in [0.29, 0.717) is 47.3 Å². The fourth-order valence-corrected chi connectivity index (χ4v) is 9.34. The Morgan fingerprint density at radius 2 is 1.81 bits per heavy atom. The van der Waals surface area contributed by atoms with Crippen molar-refractivity contribution in [1.82, 2.24) is 0 Å². The molecule has 10 unspecified atom stereocenters. The molecule has 0 N–H and O–H groups in total. The average Bonchev–Trinajstić information content (AvgIpc) is 3.43. The van der Waals surface area contributed by atoms with Crippen LogP contribution in [0.15, 0.2) is 11.6 Å². The highest BCUT2D eigenvalue weighted by Crippen LogP contribution is 2.70. The second-order valence-corrected chi connectivity index (χ2v) is 13.8. The number of carbonyl (C=O) groups is 1. The van der Waals surface area contributed by atoms with Crippen molar-refractivity contribution in [2.75, 3.05) is 13.7 Å². The monoisotopic (exact) mass is 502 g/mol. The molecule has 36 heavy (non-hydrogen) atoms. The van der Waals surface area contributed by atoms with E-state index in [0.717, 1.165) is 25.9 Å². The maximum absolute atomic E-state index is 13.0. The number of hydrogen-bond acceptors (Lipinski definition) is 4. The van der Waals surface area contributed by atoms with Gasteiger partial charge in [-0.2, -0.15) is 0 Å². The Hall–Kier alpha value is -0.710. The van der Waals surface area contributed by atoms with E-state index in [1.54, 1.807) is 12.7 Å². The van der Waals surface area contributed by atoms with Crippen LogP contribution >= 0.6 is 0 Å². The van der Waals surface area contributed by atoms with Crippen LogP contribution in [0.1, 0.15) is 93.9 Å². The van der Waals surface area contributed by atoms with Crippen LogP contribution in [0.2, 0.25) is 0 Å². The largest absolute Gasteiger partial charge is 0.378 e. The van der Waals surface area contributed by atoms with Crippen molar-refractivity contribution >= 4 is 6.29 Å². The number of hydrogen-bond donors (Lipinski definition) is 0. The van der Waals surface area contributed by atoms with E-state index in [9.17, 15) is 4.79 Å². The first-order chi connectivity index (χ1) is 17.0. The van der Waals surface area contributed by atoms with E-state index >= 15 is 0 Å². The molecule has 3 fully saturated rings. The molecule has 0 radical (unpaired) electrons. The summed E-state index contributed by atoms with van der Waals surface area (Å²) in [7, 11) is 1.78. The summed E-state index contributed by atoms with van der Waals surface area (Å²) in [5, 5.41) is 0. The lowest BCUT2D eigenvalue weighted by atomic mass is 9.53. The zero-order valence-electron chi connectivity index (χ0n) is 24.6. The van der Waals surface area contributed by atoms with Gasteiger partial charge in [-0.25, -0.2) is 0 Å². The lowest BCUT2D eigenvalue weighted by Gasteiger charge is -2.49. The molecule has 4 aliphatic rings. The molecule has 4 heteroatoms. The first-order valence-corrected chi connectivity index (χ1v) is 15.0. The minimum atomic E-state index is -0.179. The first-order valence-electron chi connectivity index (χ1n) is 15.0. The van der Waals surface area contributed by atoms with Gasteiger partial charge in [0.15, 0.2) is 6.29 Å². The van der Waals surface area contributed by atoms with Crippen molar-refractivity contribution in [2.45, 2.75) is 112 Å². The Bertz CT molecular complexity index is 806. The van der Waals surface area contributed by atoms with Crippen molar-refractivity contribution in [2.24, 2.45) is 58.2 Å². The predicted octanol–water partition coefficient (Wildman–Crippen LogP) is 7.31. The normalized spacial score (nSPS) is 48.6. The number of ether oxygens (including phenoxy) is 3. The Kier molecular flexibility index (Phi) is 8.50. The van der Waals surface area contributed by atoms with Crippen molar-refractivity contribution < 1.29 is 19.0 Å². The summed E-state index contributed by atoms with van der Waals surface area (Å²) in [5.41, 5.74) is 1.43. The summed E-state index contributed by atoms with van der Waals surface area (Å²) < 4.78 is 18.1. The van der Waals surface area contributed by atoms with Gasteiger partial charge in [-0.3, -0.25) is 0 Å². The molecule has 0 aromatic carbocycles. The second-order valence-electron chi connectivity index (χ2n) is 13.8. The van der Waals surface area contributed by atoms with Gasteiger partial charge in [0, 0.05) is 30.5 Å². The number of carbonyl (C=O) groups excluding carboxylic acids is 1. The number of aldehydes is 1. The van der Waals surface area contributed by atoms with Crippen LogP contribution in [0.3, 0.4) is 0 Å². The fraction of sp³-hybridized carbons (Fsp3) is 0.906. The number of unbranched alkanes of at least 4 members (excludes halogenated alkanes) is 1. The number of rotatable bonds is 10. The van der Waals surface area contributed by atoms with Crippen LogP contribution in [-0.2, 0) is 19.0 Å². The molecule has 0 aromatic heterocycles. The summed E-state index contributed by atoms with van der Waals surface area (Å²) >= 11 is 0. The third-order valence-corrected chi connectivity index (χ3v) is 11.6. The Morgan fingerprint density at radius 1 is 1.08 bits per heavy atom. The smallest absolute Gasteiger partial charge is 0.160 e. The number of allylic oxidation sites excluding steroid dienone is 2. The highest BCUT2D eigenvalue weighted by molar-refractivity contribution is 5.66. The van der Waals surface area contributed by atoms with E-state index in [1.165, 1.54) is 25.5 Å². The first kappa shape index (κ1) is 28.3. The third-order valence-electron chi connectivity index (χ3n) is 11.6. The molecule has 3 aliphatic carbocycles. The lowest BCUT2D eigenvalue weighted by molar-refractivity contribution is -0.262. The maximum Gasteiger partial charge on any atom is 0.160 e. The summed E-state index contributed by atoms with van der Waals surface area (Å²) in [6.45, 7) is 19.2. The van der Waals surface area contributed by atoms with E-state index < -0.39 is 0 Å². The van der Waals surface area contributed by atoms with Crippen LogP contribution in [0.25, 0.3) is 0 Å². The Morgan fingerprint density at radius 3 is 2.42 bits per heavy atom. The topological polar surface area (TPSA) is 44.8 Å². The molecule has 0 amide bonds. The molecule has 4 rings (SSSR count). The molecular weight excluding hydrogens is 448 g/mol. The quantitative estimate of drug-likeness (QED) is 0.178.